The molecule has 0 aromatic heterocycles. The van der Waals surface area contributed by atoms with Gasteiger partial charge in [0, 0.05) is 40.0 Å². The lowest BCUT2D eigenvalue weighted by Gasteiger charge is -2.14. The first-order valence-electron chi connectivity index (χ1n) is 12.2. The average molecular weight is 520 g/mol. The van der Waals surface area contributed by atoms with E-state index in [4.69, 9.17) is 4.74 Å². The van der Waals surface area contributed by atoms with Crippen molar-refractivity contribution >= 4 is 34.7 Å². The Hall–Kier alpha value is -4.28. The van der Waals surface area contributed by atoms with Gasteiger partial charge in [0.15, 0.2) is 5.78 Å². The SMILES string of the molecule is O=C(NC(CO)CO)c1ccc2c(c1)C(=O)c1ccc(Nc3ccc(F)c(NC(=O)C4CC4)c3)cc1OC2. The number of anilines is 3. The van der Waals surface area contributed by atoms with Gasteiger partial charge in [-0.25, -0.2) is 4.39 Å². The molecule has 0 unspecified atom stereocenters. The standard InChI is InChI=1S/C28H26FN3O6/c29-23-8-6-18(10-24(23)32-27(36)15-1-2-15)30-19-5-7-21-25(11-19)38-14-17-4-3-16(9-22(17)26(21)35)28(37)31-20(12-33)13-34/h3-11,15,20,30,33-34H,1-2,12-14H2,(H,31,37)(H,32,36). The molecule has 0 bridgehead atoms. The quantitative estimate of drug-likeness (QED) is 0.308. The zero-order valence-corrected chi connectivity index (χ0v) is 20.3. The fraction of sp³-hybridized carbons (Fsp3) is 0.250. The number of hydrogen-bond donors (Lipinski definition) is 5. The maximum Gasteiger partial charge on any atom is 0.251 e. The maximum absolute atomic E-state index is 14.2. The van der Waals surface area contributed by atoms with Crippen molar-refractivity contribution in [2.45, 2.75) is 25.5 Å². The molecule has 1 aliphatic carbocycles. The summed E-state index contributed by atoms with van der Waals surface area (Å²) in [5.41, 5.74) is 2.67. The molecule has 9 nitrogen and oxygen atoms in total. The highest BCUT2D eigenvalue weighted by Crippen LogP contribution is 2.34. The average Bonchev–Trinajstić information content (AvgIpc) is 3.78. The molecule has 3 aromatic carbocycles. The Morgan fingerprint density at radius 1 is 0.974 bits per heavy atom. The van der Waals surface area contributed by atoms with E-state index in [1.807, 2.05) is 0 Å². The van der Waals surface area contributed by atoms with Gasteiger partial charge in [-0.2, -0.15) is 0 Å². The number of aliphatic hydroxyl groups excluding tert-OH is 2. The molecule has 1 aliphatic heterocycles. The van der Waals surface area contributed by atoms with Gasteiger partial charge in [-0.15, -0.1) is 0 Å². The highest BCUT2D eigenvalue weighted by molar-refractivity contribution is 6.13. The molecule has 10 heteroatoms. The first-order valence-corrected chi connectivity index (χ1v) is 12.2. The summed E-state index contributed by atoms with van der Waals surface area (Å²) in [4.78, 5) is 37.9. The van der Waals surface area contributed by atoms with Gasteiger partial charge < -0.3 is 30.9 Å². The van der Waals surface area contributed by atoms with Crippen LogP contribution in [0.3, 0.4) is 0 Å². The van der Waals surface area contributed by atoms with Crippen LogP contribution in [0, 0.1) is 11.7 Å². The third-order valence-corrected chi connectivity index (χ3v) is 6.46. The Morgan fingerprint density at radius 3 is 2.45 bits per heavy atom. The third kappa shape index (κ3) is 5.36. The summed E-state index contributed by atoms with van der Waals surface area (Å²) in [5, 5.41) is 26.7. The molecule has 3 aromatic rings. The zero-order chi connectivity index (χ0) is 26.8. The number of ketones is 1. The molecule has 0 saturated heterocycles. The van der Waals surface area contributed by atoms with Crippen molar-refractivity contribution in [2.24, 2.45) is 5.92 Å². The van der Waals surface area contributed by atoms with Crippen LogP contribution >= 0.6 is 0 Å². The highest BCUT2D eigenvalue weighted by Gasteiger charge is 2.30. The van der Waals surface area contributed by atoms with Crippen LogP contribution in [0.1, 0.15) is 44.7 Å². The number of rotatable bonds is 8. The van der Waals surface area contributed by atoms with Crippen LogP contribution in [0.5, 0.6) is 5.75 Å². The lowest BCUT2D eigenvalue weighted by Crippen LogP contribution is -2.40. The second-order valence-corrected chi connectivity index (χ2v) is 9.32. The maximum atomic E-state index is 14.2. The molecule has 2 amide bonds. The monoisotopic (exact) mass is 519 g/mol. The first-order chi connectivity index (χ1) is 18.4. The summed E-state index contributed by atoms with van der Waals surface area (Å²) in [6.07, 6.45) is 1.62. The molecule has 196 valence electrons. The van der Waals surface area contributed by atoms with Crippen molar-refractivity contribution in [3.63, 3.8) is 0 Å². The molecule has 5 N–H and O–H groups in total. The largest absolute Gasteiger partial charge is 0.488 e. The number of fused-ring (bicyclic) bond motifs is 2. The van der Waals surface area contributed by atoms with Crippen molar-refractivity contribution in [1.82, 2.24) is 5.32 Å². The van der Waals surface area contributed by atoms with Crippen molar-refractivity contribution in [3.05, 3.63) is 82.7 Å². The zero-order valence-electron chi connectivity index (χ0n) is 20.3. The molecule has 38 heavy (non-hydrogen) atoms. The van der Waals surface area contributed by atoms with Gasteiger partial charge in [0.05, 0.1) is 30.5 Å². The van der Waals surface area contributed by atoms with Gasteiger partial charge in [0.1, 0.15) is 18.2 Å². The molecule has 0 radical (unpaired) electrons. The number of amides is 2. The summed E-state index contributed by atoms with van der Waals surface area (Å²) < 4.78 is 20.1. The van der Waals surface area contributed by atoms with Gasteiger partial charge in [-0.1, -0.05) is 6.07 Å². The van der Waals surface area contributed by atoms with Gasteiger partial charge in [-0.05, 0) is 55.3 Å². The summed E-state index contributed by atoms with van der Waals surface area (Å²) in [6.45, 7) is -0.737. The van der Waals surface area contributed by atoms with Gasteiger partial charge in [0.25, 0.3) is 5.91 Å². The number of benzene rings is 3. The summed E-state index contributed by atoms with van der Waals surface area (Å²) in [5.74, 6) is -1.29. The van der Waals surface area contributed by atoms with E-state index in [9.17, 15) is 29.0 Å². The molecule has 1 saturated carbocycles. The van der Waals surface area contributed by atoms with Gasteiger partial charge in [0.2, 0.25) is 5.91 Å². The van der Waals surface area contributed by atoms with E-state index < -0.39 is 31.0 Å². The number of carbonyl (C=O) groups is 3. The molecular weight excluding hydrogens is 493 g/mol. The van der Waals surface area contributed by atoms with E-state index >= 15 is 0 Å². The van der Waals surface area contributed by atoms with E-state index in [2.05, 4.69) is 16.0 Å². The molecule has 0 atom stereocenters. The first kappa shape index (κ1) is 25.4. The van der Waals surface area contributed by atoms with Crippen LogP contribution in [0.25, 0.3) is 0 Å². The van der Waals surface area contributed by atoms with Crippen LogP contribution < -0.4 is 20.7 Å². The minimum absolute atomic E-state index is 0.0575. The number of aliphatic hydroxyl groups is 2. The predicted molar refractivity (Wildman–Crippen MR) is 137 cm³/mol. The Morgan fingerprint density at radius 2 is 1.71 bits per heavy atom. The van der Waals surface area contributed by atoms with E-state index in [-0.39, 0.29) is 35.5 Å². The van der Waals surface area contributed by atoms with Crippen LogP contribution in [0.2, 0.25) is 0 Å². The van der Waals surface area contributed by atoms with Crippen LogP contribution in [-0.2, 0) is 11.4 Å². The number of ether oxygens (including phenoxy) is 1. The topological polar surface area (TPSA) is 137 Å². The third-order valence-electron chi connectivity index (χ3n) is 6.46. The molecule has 1 fully saturated rings. The molecule has 2 aliphatic rings. The van der Waals surface area contributed by atoms with Crippen molar-refractivity contribution in [1.29, 1.82) is 0 Å². The highest BCUT2D eigenvalue weighted by atomic mass is 19.1. The Balaban J connectivity index is 1.35. The number of hydrogen-bond acceptors (Lipinski definition) is 7. The minimum Gasteiger partial charge on any atom is -0.488 e. The van der Waals surface area contributed by atoms with E-state index in [0.29, 0.717) is 33.8 Å². The molecule has 5 rings (SSSR count). The second-order valence-electron chi connectivity index (χ2n) is 9.32. The number of nitrogens with one attached hydrogen (secondary N) is 3. The summed E-state index contributed by atoms with van der Waals surface area (Å²) in [7, 11) is 0. The van der Waals surface area contributed by atoms with Crippen LogP contribution in [-0.4, -0.2) is 47.1 Å². The van der Waals surface area contributed by atoms with E-state index in [0.717, 1.165) is 12.8 Å². The lowest BCUT2D eigenvalue weighted by atomic mass is 9.96. The van der Waals surface area contributed by atoms with Crippen molar-refractivity contribution < 1.29 is 33.7 Å². The van der Waals surface area contributed by atoms with E-state index in [1.54, 1.807) is 36.4 Å². The Kier molecular flexibility index (Phi) is 7.08. The predicted octanol–water partition coefficient (Wildman–Crippen LogP) is 3.12. The number of halogens is 1. The Labute approximate surface area is 217 Å². The fourth-order valence-electron chi connectivity index (χ4n) is 4.13. The lowest BCUT2D eigenvalue weighted by molar-refractivity contribution is -0.117. The second kappa shape index (κ2) is 10.6. The van der Waals surface area contributed by atoms with Crippen LogP contribution in [0.4, 0.5) is 21.5 Å². The van der Waals surface area contributed by atoms with Gasteiger partial charge in [-0.3, -0.25) is 14.4 Å². The van der Waals surface area contributed by atoms with Crippen LogP contribution in [0.15, 0.2) is 54.6 Å². The fourth-order valence-corrected chi connectivity index (χ4v) is 4.13. The normalized spacial score (nSPS) is 14.2. The smallest absolute Gasteiger partial charge is 0.251 e. The molecule has 0 spiro atoms. The Bertz CT molecular complexity index is 1420. The number of carbonyl (C=O) groups excluding carboxylic acids is 3. The van der Waals surface area contributed by atoms with E-state index in [1.165, 1.54) is 18.2 Å². The molecule has 1 heterocycles. The minimum atomic E-state index is -0.807. The van der Waals surface area contributed by atoms with Crippen molar-refractivity contribution in [2.75, 3.05) is 23.8 Å². The van der Waals surface area contributed by atoms with Gasteiger partial charge >= 0.3 is 0 Å². The van der Waals surface area contributed by atoms with Crippen molar-refractivity contribution in [3.8, 4) is 5.75 Å². The summed E-state index contributed by atoms with van der Waals surface area (Å²) >= 11 is 0. The molecular formula is C28H26FN3O6. The summed E-state index contributed by atoms with van der Waals surface area (Å²) in [6, 6.07) is 13.1.